The summed E-state index contributed by atoms with van der Waals surface area (Å²) in [6.45, 7) is 1.84. The van der Waals surface area contributed by atoms with Crippen molar-refractivity contribution in [2.24, 2.45) is 5.92 Å². The fourth-order valence-corrected chi connectivity index (χ4v) is 2.62. The van der Waals surface area contributed by atoms with Crippen molar-refractivity contribution in [3.05, 3.63) is 23.9 Å². The first-order valence-electron chi connectivity index (χ1n) is 7.05. The van der Waals surface area contributed by atoms with E-state index < -0.39 is 0 Å². The normalized spacial score (nSPS) is 18.2. The Morgan fingerprint density at radius 2 is 2.21 bits per heavy atom. The Morgan fingerprint density at radius 3 is 2.79 bits per heavy atom. The van der Waals surface area contributed by atoms with Crippen molar-refractivity contribution < 1.29 is 9.47 Å². The van der Waals surface area contributed by atoms with Gasteiger partial charge in [-0.05, 0) is 44.2 Å². The van der Waals surface area contributed by atoms with Crippen molar-refractivity contribution in [3.8, 4) is 5.88 Å². The van der Waals surface area contributed by atoms with Crippen molar-refractivity contribution in [2.45, 2.75) is 31.7 Å². The SMILES string of the molecule is CNC(Cc1ccc(OC)nc1)CC1CCOCC1. The van der Waals surface area contributed by atoms with E-state index in [1.165, 1.54) is 24.8 Å². The maximum atomic E-state index is 5.41. The third-order valence-electron chi connectivity index (χ3n) is 3.86. The molecule has 1 aliphatic rings. The van der Waals surface area contributed by atoms with E-state index in [1.54, 1.807) is 7.11 Å². The molecule has 0 radical (unpaired) electrons. The van der Waals surface area contributed by atoms with Gasteiger partial charge in [0.05, 0.1) is 7.11 Å². The summed E-state index contributed by atoms with van der Waals surface area (Å²) in [6, 6.07) is 4.54. The van der Waals surface area contributed by atoms with Gasteiger partial charge >= 0.3 is 0 Å². The second kappa shape index (κ2) is 7.46. The Bertz CT molecular complexity index is 361. The van der Waals surface area contributed by atoms with Crippen LogP contribution in [0.15, 0.2) is 18.3 Å². The Labute approximate surface area is 115 Å². The molecule has 2 rings (SSSR count). The fourth-order valence-electron chi connectivity index (χ4n) is 2.62. The van der Waals surface area contributed by atoms with Gasteiger partial charge in [-0.15, -0.1) is 0 Å². The number of hydrogen-bond acceptors (Lipinski definition) is 4. The van der Waals surface area contributed by atoms with Gasteiger partial charge in [-0.25, -0.2) is 4.98 Å². The molecule has 1 N–H and O–H groups in total. The largest absolute Gasteiger partial charge is 0.481 e. The molecule has 0 aliphatic carbocycles. The molecule has 1 fully saturated rings. The van der Waals surface area contributed by atoms with E-state index in [2.05, 4.69) is 16.4 Å². The average molecular weight is 264 g/mol. The minimum Gasteiger partial charge on any atom is -0.481 e. The lowest BCUT2D eigenvalue weighted by atomic mass is 9.90. The molecule has 1 unspecified atom stereocenters. The van der Waals surface area contributed by atoms with Crippen LogP contribution in [0.25, 0.3) is 0 Å². The lowest BCUT2D eigenvalue weighted by Crippen LogP contribution is -2.32. The zero-order valence-electron chi connectivity index (χ0n) is 11.9. The molecule has 0 saturated carbocycles. The number of methoxy groups -OCH3 is 1. The van der Waals surface area contributed by atoms with Crippen molar-refractivity contribution >= 4 is 0 Å². The van der Waals surface area contributed by atoms with Gasteiger partial charge < -0.3 is 14.8 Å². The van der Waals surface area contributed by atoms with Crippen LogP contribution >= 0.6 is 0 Å². The summed E-state index contributed by atoms with van der Waals surface area (Å²) in [7, 11) is 3.69. The second-order valence-corrected chi connectivity index (χ2v) is 5.19. The van der Waals surface area contributed by atoms with E-state index in [0.717, 1.165) is 25.6 Å². The average Bonchev–Trinajstić information content (AvgIpc) is 2.48. The number of rotatable bonds is 6. The highest BCUT2D eigenvalue weighted by Crippen LogP contribution is 2.21. The number of ether oxygens (including phenoxy) is 2. The maximum absolute atomic E-state index is 5.41. The van der Waals surface area contributed by atoms with Crippen LogP contribution < -0.4 is 10.1 Å². The molecular weight excluding hydrogens is 240 g/mol. The lowest BCUT2D eigenvalue weighted by Gasteiger charge is -2.26. The van der Waals surface area contributed by atoms with Gasteiger partial charge in [0.1, 0.15) is 0 Å². The molecule has 0 aromatic carbocycles. The summed E-state index contributed by atoms with van der Waals surface area (Å²) in [5.74, 6) is 1.46. The summed E-state index contributed by atoms with van der Waals surface area (Å²) in [6.07, 6.45) is 6.53. The van der Waals surface area contributed by atoms with Crippen LogP contribution in [0.2, 0.25) is 0 Å². The van der Waals surface area contributed by atoms with Crippen LogP contribution in [0.3, 0.4) is 0 Å². The number of nitrogens with one attached hydrogen (secondary N) is 1. The molecule has 106 valence electrons. The van der Waals surface area contributed by atoms with E-state index in [-0.39, 0.29) is 0 Å². The first kappa shape index (κ1) is 14.3. The Kier molecular flexibility index (Phi) is 5.61. The third-order valence-corrected chi connectivity index (χ3v) is 3.86. The Balaban J connectivity index is 1.86. The molecule has 4 nitrogen and oxygen atoms in total. The summed E-state index contributed by atoms with van der Waals surface area (Å²) in [5, 5.41) is 3.43. The molecule has 19 heavy (non-hydrogen) atoms. The van der Waals surface area contributed by atoms with Gasteiger partial charge in [0.15, 0.2) is 0 Å². The van der Waals surface area contributed by atoms with E-state index in [1.807, 2.05) is 19.3 Å². The van der Waals surface area contributed by atoms with Gasteiger partial charge in [0.25, 0.3) is 0 Å². The van der Waals surface area contributed by atoms with Crippen molar-refractivity contribution in [2.75, 3.05) is 27.4 Å². The predicted octanol–water partition coefficient (Wildman–Crippen LogP) is 2.04. The minimum atomic E-state index is 0.512. The Hall–Kier alpha value is -1.13. The molecular formula is C15H24N2O2. The van der Waals surface area contributed by atoms with Crippen LogP contribution in [0.1, 0.15) is 24.8 Å². The van der Waals surface area contributed by atoms with Crippen molar-refractivity contribution in [3.63, 3.8) is 0 Å². The lowest BCUT2D eigenvalue weighted by molar-refractivity contribution is 0.0608. The molecule has 1 aromatic rings. The zero-order chi connectivity index (χ0) is 13.5. The van der Waals surface area contributed by atoms with E-state index >= 15 is 0 Å². The molecule has 1 aliphatic heterocycles. The second-order valence-electron chi connectivity index (χ2n) is 5.19. The smallest absolute Gasteiger partial charge is 0.212 e. The fraction of sp³-hybridized carbons (Fsp3) is 0.667. The molecule has 0 amide bonds. The first-order chi connectivity index (χ1) is 9.31. The molecule has 2 heterocycles. The number of aromatic nitrogens is 1. The monoisotopic (exact) mass is 264 g/mol. The van der Waals surface area contributed by atoms with Crippen LogP contribution in [-0.4, -0.2) is 38.4 Å². The predicted molar refractivity (Wildman–Crippen MR) is 75.5 cm³/mol. The van der Waals surface area contributed by atoms with Gasteiger partial charge in [0, 0.05) is 31.5 Å². The maximum Gasteiger partial charge on any atom is 0.212 e. The van der Waals surface area contributed by atoms with Gasteiger partial charge in [0.2, 0.25) is 5.88 Å². The number of nitrogens with zero attached hydrogens (tertiary/aromatic N) is 1. The number of hydrogen-bond donors (Lipinski definition) is 1. The van der Waals surface area contributed by atoms with Gasteiger partial charge in [-0.3, -0.25) is 0 Å². The van der Waals surface area contributed by atoms with E-state index in [0.29, 0.717) is 11.9 Å². The highest BCUT2D eigenvalue weighted by molar-refractivity contribution is 5.18. The van der Waals surface area contributed by atoms with Gasteiger partial charge in [-0.1, -0.05) is 6.07 Å². The molecule has 1 atom stereocenters. The topological polar surface area (TPSA) is 43.4 Å². The summed E-state index contributed by atoms with van der Waals surface area (Å²) in [5.41, 5.74) is 1.26. The zero-order valence-corrected chi connectivity index (χ0v) is 11.9. The van der Waals surface area contributed by atoms with E-state index in [9.17, 15) is 0 Å². The molecule has 0 bridgehead atoms. The van der Waals surface area contributed by atoms with Crippen molar-refractivity contribution in [1.29, 1.82) is 0 Å². The number of pyridine rings is 1. The summed E-state index contributed by atoms with van der Waals surface area (Å²) < 4.78 is 10.5. The van der Waals surface area contributed by atoms with Crippen LogP contribution in [0.4, 0.5) is 0 Å². The third kappa shape index (κ3) is 4.48. The summed E-state index contributed by atoms with van der Waals surface area (Å²) in [4.78, 5) is 4.26. The first-order valence-corrected chi connectivity index (χ1v) is 7.05. The quantitative estimate of drug-likeness (QED) is 0.854. The van der Waals surface area contributed by atoms with Crippen molar-refractivity contribution in [1.82, 2.24) is 10.3 Å². The molecule has 0 spiro atoms. The van der Waals surface area contributed by atoms with E-state index in [4.69, 9.17) is 9.47 Å². The molecule has 1 saturated heterocycles. The minimum absolute atomic E-state index is 0.512. The summed E-state index contributed by atoms with van der Waals surface area (Å²) >= 11 is 0. The standard InChI is InChI=1S/C15H24N2O2/c1-16-14(9-12-5-7-19-8-6-12)10-13-3-4-15(18-2)17-11-13/h3-4,11-12,14,16H,5-10H2,1-2H3. The highest BCUT2D eigenvalue weighted by atomic mass is 16.5. The molecule has 4 heteroatoms. The van der Waals surface area contributed by atoms with Crippen LogP contribution in [0.5, 0.6) is 5.88 Å². The highest BCUT2D eigenvalue weighted by Gasteiger charge is 2.18. The van der Waals surface area contributed by atoms with Crippen LogP contribution in [0, 0.1) is 5.92 Å². The van der Waals surface area contributed by atoms with Crippen LogP contribution in [-0.2, 0) is 11.2 Å². The van der Waals surface area contributed by atoms with Gasteiger partial charge in [-0.2, -0.15) is 0 Å². The molecule has 1 aromatic heterocycles. The Morgan fingerprint density at radius 1 is 1.42 bits per heavy atom. The number of likely N-dealkylation sites (N-methyl/N-ethyl adjacent to an activating group) is 1.